The molecule has 0 radical (unpaired) electrons. The van der Waals surface area contributed by atoms with Gasteiger partial charge in [0.05, 0.1) is 6.61 Å². The van der Waals surface area contributed by atoms with Gasteiger partial charge in [0.1, 0.15) is 5.75 Å². The summed E-state index contributed by atoms with van der Waals surface area (Å²) in [6.45, 7) is 7.43. The summed E-state index contributed by atoms with van der Waals surface area (Å²) in [5, 5.41) is 0. The fraction of sp³-hybridized carbons (Fsp3) is 0.571. The summed E-state index contributed by atoms with van der Waals surface area (Å²) < 4.78 is 5.83. The Labute approximate surface area is 104 Å². The molecule has 0 aliphatic heterocycles. The van der Waals surface area contributed by atoms with Gasteiger partial charge < -0.3 is 4.74 Å². The molecule has 16 heavy (non-hydrogen) atoms. The fourth-order valence-electron chi connectivity index (χ4n) is 1.58. The molecule has 0 spiro atoms. The van der Waals surface area contributed by atoms with Crippen molar-refractivity contribution < 1.29 is 4.74 Å². The van der Waals surface area contributed by atoms with Crippen molar-refractivity contribution in [2.45, 2.75) is 33.1 Å². The van der Waals surface area contributed by atoms with Crippen LogP contribution in [-0.4, -0.2) is 18.1 Å². The summed E-state index contributed by atoms with van der Waals surface area (Å²) in [5.74, 6) is 3.98. The Morgan fingerprint density at radius 2 is 2.00 bits per heavy atom. The predicted octanol–water partition coefficient (Wildman–Crippen LogP) is 4.33. The van der Waals surface area contributed by atoms with Gasteiger partial charge in [0.25, 0.3) is 0 Å². The number of para-hydroxylation sites is 1. The smallest absolute Gasteiger partial charge is 0.122 e. The Balaban J connectivity index is 2.41. The zero-order chi connectivity index (χ0) is 11.8. The van der Waals surface area contributed by atoms with E-state index in [4.69, 9.17) is 4.74 Å². The maximum absolute atomic E-state index is 5.83. The lowest BCUT2D eigenvalue weighted by Crippen LogP contribution is -2.02. The molecule has 0 aliphatic carbocycles. The van der Waals surface area contributed by atoms with Crippen LogP contribution in [0.5, 0.6) is 5.75 Å². The van der Waals surface area contributed by atoms with Crippen LogP contribution in [0.3, 0.4) is 0 Å². The second-order valence-electron chi connectivity index (χ2n) is 4.09. The topological polar surface area (TPSA) is 9.23 Å². The van der Waals surface area contributed by atoms with E-state index >= 15 is 0 Å². The Hall–Kier alpha value is -0.630. The molecule has 1 nitrogen and oxygen atoms in total. The van der Waals surface area contributed by atoms with Gasteiger partial charge in [0.2, 0.25) is 0 Å². The van der Waals surface area contributed by atoms with Crippen LogP contribution in [-0.2, 0) is 0 Å². The highest BCUT2D eigenvalue weighted by Crippen LogP contribution is 2.25. The van der Waals surface area contributed by atoms with E-state index in [1.807, 2.05) is 17.8 Å². The molecule has 0 aliphatic rings. The zero-order valence-electron chi connectivity index (χ0n) is 10.5. The van der Waals surface area contributed by atoms with Gasteiger partial charge in [0.15, 0.2) is 0 Å². The second-order valence-corrected chi connectivity index (χ2v) is 5.49. The van der Waals surface area contributed by atoms with Gasteiger partial charge in [-0.1, -0.05) is 39.0 Å². The summed E-state index contributed by atoms with van der Waals surface area (Å²) >= 11 is 1.97. The summed E-state index contributed by atoms with van der Waals surface area (Å²) in [6.07, 6.45) is 1.13. The molecule has 0 aromatic heterocycles. The first-order valence-electron chi connectivity index (χ1n) is 6.05. The van der Waals surface area contributed by atoms with Crippen LogP contribution >= 0.6 is 11.8 Å². The molecule has 0 heterocycles. The van der Waals surface area contributed by atoms with Crippen molar-refractivity contribution in [2.75, 3.05) is 18.1 Å². The van der Waals surface area contributed by atoms with Gasteiger partial charge in [-0.2, -0.15) is 11.8 Å². The predicted molar refractivity (Wildman–Crippen MR) is 73.6 cm³/mol. The van der Waals surface area contributed by atoms with Gasteiger partial charge in [-0.15, -0.1) is 0 Å². The summed E-state index contributed by atoms with van der Waals surface area (Å²) in [4.78, 5) is 0. The highest BCUT2D eigenvalue weighted by molar-refractivity contribution is 7.99. The second kappa shape index (κ2) is 7.61. The summed E-state index contributed by atoms with van der Waals surface area (Å²) in [7, 11) is 0. The molecule has 0 atom stereocenters. The fourth-order valence-corrected chi connectivity index (χ4v) is 2.19. The van der Waals surface area contributed by atoms with E-state index in [9.17, 15) is 0 Å². The molecule has 0 saturated heterocycles. The van der Waals surface area contributed by atoms with Gasteiger partial charge in [-0.05, 0) is 35.5 Å². The Morgan fingerprint density at radius 1 is 1.25 bits per heavy atom. The number of ether oxygens (including phenoxy) is 1. The van der Waals surface area contributed by atoms with E-state index in [1.165, 1.54) is 17.1 Å². The van der Waals surface area contributed by atoms with Gasteiger partial charge in [-0.25, -0.2) is 0 Å². The summed E-state index contributed by atoms with van der Waals surface area (Å²) in [6, 6.07) is 8.35. The number of hydrogen-bond donors (Lipinski definition) is 0. The highest BCUT2D eigenvalue weighted by Gasteiger charge is 2.05. The van der Waals surface area contributed by atoms with E-state index in [-0.39, 0.29) is 0 Å². The Morgan fingerprint density at radius 3 is 2.69 bits per heavy atom. The minimum absolute atomic E-state index is 0.529. The lowest BCUT2D eigenvalue weighted by atomic mass is 10.0. The lowest BCUT2D eigenvalue weighted by molar-refractivity contribution is 0.314. The first kappa shape index (κ1) is 13.4. The van der Waals surface area contributed by atoms with Gasteiger partial charge in [0, 0.05) is 0 Å². The molecule has 0 bridgehead atoms. The molecule has 1 rings (SSSR count). The lowest BCUT2D eigenvalue weighted by Gasteiger charge is -2.13. The first-order chi connectivity index (χ1) is 7.75. The minimum Gasteiger partial charge on any atom is -0.493 e. The van der Waals surface area contributed by atoms with E-state index in [0.717, 1.165) is 18.8 Å². The maximum atomic E-state index is 5.83. The van der Waals surface area contributed by atoms with Crippen molar-refractivity contribution in [1.29, 1.82) is 0 Å². The van der Waals surface area contributed by atoms with Crippen LogP contribution in [0.4, 0.5) is 0 Å². The SMILES string of the molecule is CCSCCCOc1ccccc1C(C)C. The molecule has 0 saturated carbocycles. The summed E-state index contributed by atoms with van der Waals surface area (Å²) in [5.41, 5.74) is 1.31. The van der Waals surface area contributed by atoms with Crippen molar-refractivity contribution >= 4 is 11.8 Å². The molecule has 1 aromatic carbocycles. The Bertz CT molecular complexity index is 297. The molecular weight excluding hydrogens is 216 g/mol. The van der Waals surface area contributed by atoms with Crippen LogP contribution in [0.15, 0.2) is 24.3 Å². The number of benzene rings is 1. The highest BCUT2D eigenvalue weighted by atomic mass is 32.2. The molecular formula is C14H22OS. The van der Waals surface area contributed by atoms with E-state index in [1.54, 1.807) is 0 Å². The van der Waals surface area contributed by atoms with Crippen LogP contribution in [0.1, 0.15) is 38.7 Å². The number of thioether (sulfide) groups is 1. The first-order valence-corrected chi connectivity index (χ1v) is 7.20. The van der Waals surface area contributed by atoms with Crippen LogP contribution in [0.2, 0.25) is 0 Å². The average Bonchev–Trinajstić information content (AvgIpc) is 2.29. The molecule has 2 heteroatoms. The third kappa shape index (κ3) is 4.48. The van der Waals surface area contributed by atoms with E-state index < -0.39 is 0 Å². The quantitative estimate of drug-likeness (QED) is 0.654. The monoisotopic (exact) mass is 238 g/mol. The molecule has 0 N–H and O–H groups in total. The molecule has 0 fully saturated rings. The van der Waals surface area contributed by atoms with E-state index in [0.29, 0.717) is 5.92 Å². The Kier molecular flexibility index (Phi) is 6.39. The largest absolute Gasteiger partial charge is 0.493 e. The maximum Gasteiger partial charge on any atom is 0.122 e. The number of hydrogen-bond acceptors (Lipinski definition) is 2. The van der Waals surface area contributed by atoms with Crippen molar-refractivity contribution in [3.8, 4) is 5.75 Å². The van der Waals surface area contributed by atoms with Gasteiger partial charge in [-0.3, -0.25) is 0 Å². The standard InChI is InChI=1S/C14H22OS/c1-4-16-11-7-10-15-14-9-6-5-8-13(14)12(2)3/h5-6,8-9,12H,4,7,10-11H2,1-3H3. The molecule has 1 aromatic rings. The van der Waals surface area contributed by atoms with Crippen molar-refractivity contribution in [2.24, 2.45) is 0 Å². The third-order valence-corrected chi connectivity index (χ3v) is 3.42. The van der Waals surface area contributed by atoms with Crippen molar-refractivity contribution in [1.82, 2.24) is 0 Å². The van der Waals surface area contributed by atoms with Gasteiger partial charge >= 0.3 is 0 Å². The van der Waals surface area contributed by atoms with Crippen LogP contribution in [0, 0.1) is 0 Å². The normalized spacial score (nSPS) is 10.8. The van der Waals surface area contributed by atoms with E-state index in [2.05, 4.69) is 39.0 Å². The zero-order valence-corrected chi connectivity index (χ0v) is 11.3. The van der Waals surface area contributed by atoms with Crippen LogP contribution in [0.25, 0.3) is 0 Å². The molecule has 0 amide bonds. The minimum atomic E-state index is 0.529. The third-order valence-electron chi connectivity index (χ3n) is 2.44. The van der Waals surface area contributed by atoms with Crippen molar-refractivity contribution in [3.05, 3.63) is 29.8 Å². The van der Waals surface area contributed by atoms with Crippen molar-refractivity contribution in [3.63, 3.8) is 0 Å². The van der Waals surface area contributed by atoms with Crippen LogP contribution < -0.4 is 4.74 Å². The molecule has 90 valence electrons. The average molecular weight is 238 g/mol. The molecule has 0 unspecified atom stereocenters. The number of rotatable bonds is 7.